The Bertz CT molecular complexity index is 1440. The van der Waals surface area contributed by atoms with E-state index in [1.54, 1.807) is 0 Å². The van der Waals surface area contributed by atoms with Crippen molar-refractivity contribution in [3.8, 4) is 0 Å². The Hall–Kier alpha value is -1.92. The van der Waals surface area contributed by atoms with Gasteiger partial charge in [0.2, 0.25) is 5.91 Å². The first-order valence-electron chi connectivity index (χ1n) is 40.7. The van der Waals surface area contributed by atoms with Gasteiger partial charge in [0.1, 0.15) is 0 Å². The molecule has 0 rings (SSSR count). The number of aliphatic hydroxyl groups excluding tert-OH is 2. The predicted octanol–water partition coefficient (Wildman–Crippen LogP) is 27.0. The van der Waals surface area contributed by atoms with Gasteiger partial charge in [-0.3, -0.25) is 9.59 Å². The van der Waals surface area contributed by atoms with E-state index in [1.165, 1.54) is 372 Å². The molecule has 0 aromatic rings. The molecule has 0 fully saturated rings. The number of aliphatic hydroxyl groups is 2. The van der Waals surface area contributed by atoms with Gasteiger partial charge in [-0.15, -0.1) is 0 Å². The normalized spacial score (nSPS) is 12.6. The summed E-state index contributed by atoms with van der Waals surface area (Å²) in [6, 6.07) is -0.542. The molecule has 0 aromatic carbocycles. The number of nitrogens with one attached hydrogen (secondary N) is 1. The van der Waals surface area contributed by atoms with E-state index in [0.717, 1.165) is 51.4 Å². The first-order valence-corrected chi connectivity index (χ1v) is 40.7. The highest BCUT2D eigenvalue weighted by Gasteiger charge is 2.20. The molecule has 0 saturated heterocycles. The molecule has 6 heteroatoms. The molecule has 526 valence electrons. The van der Waals surface area contributed by atoms with Crippen molar-refractivity contribution in [1.29, 1.82) is 0 Å². The molecule has 2 unspecified atom stereocenters. The second-order valence-corrected chi connectivity index (χ2v) is 28.1. The maximum absolute atomic E-state index is 12.6. The van der Waals surface area contributed by atoms with E-state index in [9.17, 15) is 19.8 Å². The van der Waals surface area contributed by atoms with Gasteiger partial charge in [-0.2, -0.15) is 0 Å². The molecule has 6 nitrogen and oxygen atoms in total. The Labute approximate surface area is 557 Å². The van der Waals surface area contributed by atoms with Crippen molar-refractivity contribution >= 4 is 11.9 Å². The van der Waals surface area contributed by atoms with Crippen molar-refractivity contribution in [3.63, 3.8) is 0 Å². The number of carbonyl (C=O) groups excluding carboxylic acids is 2. The van der Waals surface area contributed by atoms with E-state index in [-0.39, 0.29) is 18.5 Å². The topological polar surface area (TPSA) is 95.9 Å². The van der Waals surface area contributed by atoms with Gasteiger partial charge in [-0.25, -0.2) is 0 Å². The van der Waals surface area contributed by atoms with Gasteiger partial charge in [-0.1, -0.05) is 397 Å². The van der Waals surface area contributed by atoms with Crippen molar-refractivity contribution in [2.75, 3.05) is 13.2 Å². The first-order chi connectivity index (χ1) is 44.0. The van der Waals surface area contributed by atoms with Crippen LogP contribution in [-0.4, -0.2) is 47.4 Å². The van der Waals surface area contributed by atoms with Crippen molar-refractivity contribution in [2.24, 2.45) is 0 Å². The standard InChI is InChI=1S/C83H159NO5/c1-3-5-7-9-11-13-15-17-19-21-23-24-34-37-40-43-47-51-55-59-63-67-71-75-81(86)80(79-85)84-82(87)76-72-68-64-60-56-52-48-44-41-38-35-32-30-28-26-25-27-29-31-33-36-39-42-46-50-54-58-62-66-70-74-78-89-83(88)77-73-69-65-61-57-53-49-45-22-20-18-16-14-12-10-8-6-4-2/h14,16,20,22,27,29,80-81,85-86H,3-13,15,17-19,21,23-26,28,30-79H2,1-2H3,(H,84,87)/b16-14-,22-20-,29-27-. The molecule has 2 atom stereocenters. The molecular weight excluding hydrogens is 1090 g/mol. The fraction of sp³-hybridized carbons (Fsp3) is 0.904. The number of allylic oxidation sites excluding steroid dienone is 6. The second-order valence-electron chi connectivity index (χ2n) is 28.1. The maximum Gasteiger partial charge on any atom is 0.305 e. The Kier molecular flexibility index (Phi) is 76.8. The van der Waals surface area contributed by atoms with Crippen LogP contribution in [0.3, 0.4) is 0 Å². The van der Waals surface area contributed by atoms with E-state index in [0.29, 0.717) is 25.9 Å². The lowest BCUT2D eigenvalue weighted by atomic mass is 10.0. The average molecular weight is 1250 g/mol. The smallest absolute Gasteiger partial charge is 0.305 e. The molecular formula is C83H159NO5. The molecule has 0 bridgehead atoms. The van der Waals surface area contributed by atoms with Crippen LogP contribution in [0.4, 0.5) is 0 Å². The average Bonchev–Trinajstić information content (AvgIpc) is 3.60. The molecule has 89 heavy (non-hydrogen) atoms. The third kappa shape index (κ3) is 75.0. The number of rotatable bonds is 77. The lowest BCUT2D eigenvalue weighted by Gasteiger charge is -2.22. The van der Waals surface area contributed by atoms with Gasteiger partial charge >= 0.3 is 5.97 Å². The van der Waals surface area contributed by atoms with E-state index < -0.39 is 12.1 Å². The molecule has 0 aliphatic carbocycles. The highest BCUT2D eigenvalue weighted by Crippen LogP contribution is 2.20. The van der Waals surface area contributed by atoms with Crippen LogP contribution in [0.2, 0.25) is 0 Å². The quantitative estimate of drug-likeness (QED) is 0.0320. The number of amides is 1. The van der Waals surface area contributed by atoms with Gasteiger partial charge in [0, 0.05) is 12.8 Å². The van der Waals surface area contributed by atoms with Crippen molar-refractivity contribution in [1.82, 2.24) is 5.32 Å². The summed E-state index contributed by atoms with van der Waals surface area (Å²) in [7, 11) is 0. The number of unbranched alkanes of at least 4 members (excludes halogenated alkanes) is 60. The minimum atomic E-state index is -0.665. The van der Waals surface area contributed by atoms with Crippen LogP contribution in [0.5, 0.6) is 0 Å². The van der Waals surface area contributed by atoms with Crippen molar-refractivity contribution in [3.05, 3.63) is 36.5 Å². The Morgan fingerprint density at radius 1 is 0.315 bits per heavy atom. The van der Waals surface area contributed by atoms with Gasteiger partial charge in [0.25, 0.3) is 0 Å². The van der Waals surface area contributed by atoms with Crippen LogP contribution in [0.1, 0.15) is 457 Å². The number of hydrogen-bond acceptors (Lipinski definition) is 5. The van der Waals surface area contributed by atoms with Gasteiger partial charge in [0.05, 0.1) is 25.4 Å². The Morgan fingerprint density at radius 2 is 0.562 bits per heavy atom. The van der Waals surface area contributed by atoms with Crippen LogP contribution in [0.25, 0.3) is 0 Å². The summed E-state index contributed by atoms with van der Waals surface area (Å²) in [5.41, 5.74) is 0. The third-order valence-corrected chi connectivity index (χ3v) is 19.2. The van der Waals surface area contributed by atoms with Gasteiger partial charge in [0.15, 0.2) is 0 Å². The lowest BCUT2D eigenvalue weighted by molar-refractivity contribution is -0.143. The van der Waals surface area contributed by atoms with Crippen LogP contribution < -0.4 is 5.32 Å². The monoisotopic (exact) mass is 1250 g/mol. The van der Waals surface area contributed by atoms with E-state index in [1.807, 2.05) is 0 Å². The van der Waals surface area contributed by atoms with Gasteiger partial charge < -0.3 is 20.3 Å². The maximum atomic E-state index is 12.6. The first kappa shape index (κ1) is 87.1. The second kappa shape index (κ2) is 78.5. The highest BCUT2D eigenvalue weighted by molar-refractivity contribution is 5.76. The SMILES string of the molecule is CCCCCC/C=C\C/C=C\CCCCCCCCCC(=O)OCCCCCCCCCCCCCC/C=C\CCCCCCCCCCCCCCCCCC(=O)NC(CO)C(O)CCCCCCCCCCCCCCCCCCCCCCCCC. The molecule has 0 aromatic heterocycles. The molecule has 0 saturated carbocycles. The fourth-order valence-electron chi connectivity index (χ4n) is 13.0. The summed E-state index contributed by atoms with van der Waals surface area (Å²) in [6.07, 6.45) is 102. The van der Waals surface area contributed by atoms with E-state index in [2.05, 4.69) is 55.6 Å². The minimum Gasteiger partial charge on any atom is -0.466 e. The fourth-order valence-corrected chi connectivity index (χ4v) is 13.0. The van der Waals surface area contributed by atoms with Crippen LogP contribution in [-0.2, 0) is 14.3 Å². The minimum absolute atomic E-state index is 0.0112. The Balaban J connectivity index is 3.36. The zero-order valence-electron chi connectivity index (χ0n) is 60.4. The molecule has 0 spiro atoms. The van der Waals surface area contributed by atoms with E-state index >= 15 is 0 Å². The van der Waals surface area contributed by atoms with Crippen LogP contribution in [0, 0.1) is 0 Å². The zero-order chi connectivity index (χ0) is 64.2. The summed E-state index contributed by atoms with van der Waals surface area (Å²) < 4.78 is 5.51. The molecule has 0 aliphatic heterocycles. The summed E-state index contributed by atoms with van der Waals surface area (Å²) in [4.78, 5) is 24.7. The summed E-state index contributed by atoms with van der Waals surface area (Å²) in [5, 5.41) is 23.5. The lowest BCUT2D eigenvalue weighted by Crippen LogP contribution is -2.45. The molecule has 1 amide bonds. The number of carbonyl (C=O) groups is 2. The summed E-state index contributed by atoms with van der Waals surface area (Å²) >= 11 is 0. The van der Waals surface area contributed by atoms with Gasteiger partial charge in [-0.05, 0) is 83.5 Å². The van der Waals surface area contributed by atoms with E-state index in [4.69, 9.17) is 4.74 Å². The summed E-state index contributed by atoms with van der Waals surface area (Å²) in [5.74, 6) is -0.0163. The third-order valence-electron chi connectivity index (χ3n) is 19.2. The number of esters is 1. The van der Waals surface area contributed by atoms with Crippen LogP contribution in [0.15, 0.2) is 36.5 Å². The highest BCUT2D eigenvalue weighted by atomic mass is 16.5. The summed E-state index contributed by atoms with van der Waals surface area (Å²) in [6.45, 7) is 4.98. The number of hydrogen-bond donors (Lipinski definition) is 3. The molecule has 3 N–H and O–H groups in total. The van der Waals surface area contributed by atoms with Crippen LogP contribution >= 0.6 is 0 Å². The molecule has 0 aliphatic rings. The largest absolute Gasteiger partial charge is 0.466 e. The number of ether oxygens (including phenoxy) is 1. The van der Waals surface area contributed by atoms with Crippen molar-refractivity contribution in [2.45, 2.75) is 469 Å². The zero-order valence-corrected chi connectivity index (χ0v) is 60.4. The van der Waals surface area contributed by atoms with Crippen molar-refractivity contribution < 1.29 is 24.5 Å². The predicted molar refractivity (Wildman–Crippen MR) is 393 cm³/mol. The Morgan fingerprint density at radius 3 is 0.876 bits per heavy atom. The molecule has 0 radical (unpaired) electrons. The molecule has 0 heterocycles.